The molecule has 1 aromatic rings. The van der Waals surface area contributed by atoms with Gasteiger partial charge in [-0.1, -0.05) is 11.6 Å². The molecule has 0 fully saturated rings. The molecule has 0 atom stereocenters. The molecular weight excluding hydrogens is 228 g/mol. The van der Waals surface area contributed by atoms with Crippen LogP contribution in [0.15, 0.2) is 18.3 Å². The maximum Gasteiger partial charge on any atom is 0.272 e. The number of amides is 1. The van der Waals surface area contributed by atoms with Crippen LogP contribution in [0.1, 0.15) is 24.3 Å². The topological polar surface area (TPSA) is 53.4 Å². The SMILES string of the molecule is CN(C(=O)c1cc(Cl)ccn1)C(C)(C)CO. The summed E-state index contributed by atoms with van der Waals surface area (Å²) in [4.78, 5) is 17.4. The van der Waals surface area contributed by atoms with Crippen molar-refractivity contribution in [1.29, 1.82) is 0 Å². The van der Waals surface area contributed by atoms with Gasteiger partial charge in [0.1, 0.15) is 5.69 Å². The van der Waals surface area contributed by atoms with Gasteiger partial charge in [-0.2, -0.15) is 0 Å². The zero-order chi connectivity index (χ0) is 12.3. The number of hydrogen-bond donors (Lipinski definition) is 1. The Bertz CT molecular complexity index is 393. The van der Waals surface area contributed by atoms with Gasteiger partial charge in [0.15, 0.2) is 0 Å². The Labute approximate surface area is 99.9 Å². The standard InChI is InChI=1S/C11H15ClN2O2/c1-11(2,7-15)14(3)10(16)9-6-8(12)4-5-13-9/h4-6,15H,7H2,1-3H3. The summed E-state index contributed by atoms with van der Waals surface area (Å²) in [5, 5.41) is 9.64. The first-order valence-corrected chi connectivity index (χ1v) is 5.27. The number of nitrogens with zero attached hydrogens (tertiary/aromatic N) is 2. The van der Waals surface area contributed by atoms with Gasteiger partial charge in [-0.3, -0.25) is 9.78 Å². The van der Waals surface area contributed by atoms with Crippen molar-refractivity contribution < 1.29 is 9.90 Å². The number of likely N-dealkylation sites (N-methyl/N-ethyl adjacent to an activating group) is 1. The van der Waals surface area contributed by atoms with E-state index in [1.165, 1.54) is 17.2 Å². The summed E-state index contributed by atoms with van der Waals surface area (Å²) >= 11 is 5.78. The number of carbonyl (C=O) groups is 1. The molecular formula is C11H15ClN2O2. The van der Waals surface area contributed by atoms with Crippen molar-refractivity contribution in [3.05, 3.63) is 29.0 Å². The lowest BCUT2D eigenvalue weighted by atomic mass is 10.0. The Morgan fingerprint density at radius 1 is 1.62 bits per heavy atom. The quantitative estimate of drug-likeness (QED) is 0.876. The molecule has 1 aromatic heterocycles. The van der Waals surface area contributed by atoms with Crippen molar-refractivity contribution in [1.82, 2.24) is 9.88 Å². The van der Waals surface area contributed by atoms with Gasteiger partial charge >= 0.3 is 0 Å². The Morgan fingerprint density at radius 3 is 2.75 bits per heavy atom. The normalized spacial score (nSPS) is 11.3. The van der Waals surface area contributed by atoms with E-state index >= 15 is 0 Å². The molecule has 0 saturated heterocycles. The maximum atomic E-state index is 12.0. The third-order valence-corrected chi connectivity index (χ3v) is 2.78. The van der Waals surface area contributed by atoms with E-state index in [1.807, 2.05) is 0 Å². The van der Waals surface area contributed by atoms with Gasteiger partial charge in [-0.25, -0.2) is 0 Å². The average molecular weight is 243 g/mol. The minimum absolute atomic E-state index is 0.115. The van der Waals surface area contributed by atoms with Crippen molar-refractivity contribution in [2.75, 3.05) is 13.7 Å². The first-order chi connectivity index (χ1) is 7.38. The number of carbonyl (C=O) groups excluding carboxylic acids is 1. The van der Waals surface area contributed by atoms with E-state index in [0.29, 0.717) is 5.02 Å². The molecule has 0 unspecified atom stereocenters. The van der Waals surface area contributed by atoms with Crippen LogP contribution in [0, 0.1) is 0 Å². The van der Waals surface area contributed by atoms with Crippen molar-refractivity contribution in [3.8, 4) is 0 Å². The molecule has 1 rings (SSSR count). The van der Waals surface area contributed by atoms with Gasteiger partial charge in [0.05, 0.1) is 12.1 Å². The Balaban J connectivity index is 2.95. The molecule has 4 nitrogen and oxygen atoms in total. The third-order valence-electron chi connectivity index (χ3n) is 2.54. The van der Waals surface area contributed by atoms with Gasteiger partial charge in [0, 0.05) is 18.3 Å². The highest BCUT2D eigenvalue weighted by atomic mass is 35.5. The smallest absolute Gasteiger partial charge is 0.272 e. The largest absolute Gasteiger partial charge is 0.394 e. The third kappa shape index (κ3) is 2.71. The Hall–Kier alpha value is -1.13. The molecule has 0 aliphatic carbocycles. The molecule has 1 amide bonds. The molecule has 1 heterocycles. The van der Waals surface area contributed by atoms with E-state index < -0.39 is 5.54 Å². The summed E-state index contributed by atoms with van der Waals surface area (Å²) in [6.45, 7) is 3.43. The van der Waals surface area contributed by atoms with Gasteiger partial charge < -0.3 is 10.0 Å². The van der Waals surface area contributed by atoms with Gasteiger partial charge in [-0.15, -0.1) is 0 Å². The number of halogens is 1. The van der Waals surface area contributed by atoms with E-state index in [1.54, 1.807) is 27.0 Å². The number of pyridine rings is 1. The first-order valence-electron chi connectivity index (χ1n) is 4.89. The van der Waals surface area contributed by atoms with E-state index in [2.05, 4.69) is 4.98 Å². The van der Waals surface area contributed by atoms with Crippen molar-refractivity contribution in [3.63, 3.8) is 0 Å². The van der Waals surface area contributed by atoms with E-state index in [4.69, 9.17) is 11.6 Å². The fraction of sp³-hybridized carbons (Fsp3) is 0.455. The number of aliphatic hydroxyl groups is 1. The summed E-state index contributed by atoms with van der Waals surface area (Å²) in [6, 6.07) is 3.11. The zero-order valence-corrected chi connectivity index (χ0v) is 10.3. The molecule has 1 N–H and O–H groups in total. The molecule has 0 aromatic carbocycles. The monoisotopic (exact) mass is 242 g/mol. The summed E-state index contributed by atoms with van der Waals surface area (Å²) in [6.07, 6.45) is 1.48. The van der Waals surface area contributed by atoms with Crippen molar-refractivity contribution in [2.24, 2.45) is 0 Å². The highest BCUT2D eigenvalue weighted by Crippen LogP contribution is 2.16. The summed E-state index contributed by atoms with van der Waals surface area (Å²) < 4.78 is 0. The zero-order valence-electron chi connectivity index (χ0n) is 9.57. The Morgan fingerprint density at radius 2 is 2.25 bits per heavy atom. The van der Waals surface area contributed by atoms with Crippen LogP contribution in [0.4, 0.5) is 0 Å². The summed E-state index contributed by atoms with van der Waals surface area (Å²) in [7, 11) is 1.63. The lowest BCUT2D eigenvalue weighted by Crippen LogP contribution is -2.47. The van der Waals surface area contributed by atoms with Crippen LogP contribution in [0.25, 0.3) is 0 Å². The van der Waals surface area contributed by atoms with Crippen molar-refractivity contribution >= 4 is 17.5 Å². The van der Waals surface area contributed by atoms with E-state index in [9.17, 15) is 9.90 Å². The average Bonchev–Trinajstić information content (AvgIpc) is 2.27. The number of hydrogen-bond acceptors (Lipinski definition) is 3. The van der Waals surface area contributed by atoms with Crippen LogP contribution in [0.5, 0.6) is 0 Å². The van der Waals surface area contributed by atoms with Gasteiger partial charge in [-0.05, 0) is 26.0 Å². The summed E-state index contributed by atoms with van der Waals surface area (Å²) in [5.41, 5.74) is -0.349. The van der Waals surface area contributed by atoms with Crippen LogP contribution in [-0.2, 0) is 0 Å². The first kappa shape index (κ1) is 12.9. The van der Waals surface area contributed by atoms with Gasteiger partial charge in [0.25, 0.3) is 5.91 Å². The molecule has 0 bridgehead atoms. The van der Waals surface area contributed by atoms with Crippen LogP contribution in [-0.4, -0.2) is 40.1 Å². The van der Waals surface area contributed by atoms with E-state index in [0.717, 1.165) is 0 Å². The maximum absolute atomic E-state index is 12.0. The lowest BCUT2D eigenvalue weighted by Gasteiger charge is -2.33. The predicted octanol–water partition coefficient (Wildman–Crippen LogP) is 1.58. The highest BCUT2D eigenvalue weighted by Gasteiger charge is 2.28. The number of aromatic nitrogens is 1. The highest BCUT2D eigenvalue weighted by molar-refractivity contribution is 6.30. The number of aliphatic hydroxyl groups excluding tert-OH is 1. The predicted molar refractivity (Wildman–Crippen MR) is 62.5 cm³/mol. The van der Waals surface area contributed by atoms with E-state index in [-0.39, 0.29) is 18.2 Å². The molecule has 16 heavy (non-hydrogen) atoms. The second-order valence-corrected chi connectivity index (χ2v) is 4.63. The lowest BCUT2D eigenvalue weighted by molar-refractivity contribution is 0.0467. The fourth-order valence-corrected chi connectivity index (χ4v) is 1.23. The summed E-state index contributed by atoms with van der Waals surface area (Å²) in [5.74, 6) is -0.262. The van der Waals surface area contributed by atoms with Crippen LogP contribution >= 0.6 is 11.6 Å². The second-order valence-electron chi connectivity index (χ2n) is 4.19. The van der Waals surface area contributed by atoms with Crippen molar-refractivity contribution in [2.45, 2.75) is 19.4 Å². The second kappa shape index (κ2) is 4.80. The molecule has 5 heteroatoms. The molecule has 0 spiro atoms. The minimum Gasteiger partial charge on any atom is -0.394 e. The van der Waals surface area contributed by atoms with Crippen LogP contribution in [0.3, 0.4) is 0 Å². The molecule has 0 aliphatic heterocycles. The molecule has 0 aliphatic rings. The molecule has 0 saturated carbocycles. The fourth-order valence-electron chi connectivity index (χ4n) is 1.07. The Kier molecular flexibility index (Phi) is 3.88. The molecule has 88 valence electrons. The molecule has 0 radical (unpaired) electrons. The van der Waals surface area contributed by atoms with Gasteiger partial charge in [0.2, 0.25) is 0 Å². The number of rotatable bonds is 3. The van der Waals surface area contributed by atoms with Crippen LogP contribution in [0.2, 0.25) is 5.02 Å². The van der Waals surface area contributed by atoms with Crippen LogP contribution < -0.4 is 0 Å². The minimum atomic E-state index is -0.624.